The fourth-order valence-electron chi connectivity index (χ4n) is 0.975. The zero-order valence-corrected chi connectivity index (χ0v) is 10.3. The van der Waals surface area contributed by atoms with E-state index in [0.29, 0.717) is 5.02 Å². The number of rotatable bonds is 2. The third-order valence-corrected chi connectivity index (χ3v) is 2.71. The van der Waals surface area contributed by atoms with Crippen molar-refractivity contribution in [2.75, 3.05) is 5.32 Å². The number of carbonyl (C=O) groups is 1. The molecule has 0 fully saturated rings. The molecule has 1 rings (SSSR count). The van der Waals surface area contributed by atoms with Crippen LogP contribution in [0.3, 0.4) is 0 Å². The summed E-state index contributed by atoms with van der Waals surface area (Å²) in [6, 6.07) is 5.43. The molecule has 1 N–H and O–H groups in total. The number of hydrogen-bond acceptors (Lipinski definition) is 1. The van der Waals surface area contributed by atoms with E-state index in [2.05, 4.69) is 21.2 Å². The maximum Gasteiger partial charge on any atom is 0.237 e. The summed E-state index contributed by atoms with van der Waals surface area (Å²) in [4.78, 5) is 11.2. The molecule has 1 aromatic carbocycles. The molecule has 4 heteroatoms. The molecule has 0 aromatic heterocycles. The highest BCUT2D eigenvalue weighted by Gasteiger charge is 2.10. The van der Waals surface area contributed by atoms with Crippen LogP contribution >= 0.6 is 27.5 Å². The maximum atomic E-state index is 11.4. The number of amides is 1. The predicted molar refractivity (Wildman–Crippen MR) is 63.2 cm³/mol. The van der Waals surface area contributed by atoms with Gasteiger partial charge in [0.15, 0.2) is 0 Å². The molecule has 0 aliphatic heterocycles. The Kier molecular flexibility index (Phi) is 3.96. The van der Waals surface area contributed by atoms with Crippen molar-refractivity contribution in [2.24, 2.45) is 0 Å². The Bertz CT molecular complexity index is 352. The van der Waals surface area contributed by atoms with E-state index in [4.69, 9.17) is 11.6 Å². The molecular weight excluding hydrogens is 265 g/mol. The molecule has 1 atom stereocenters. The number of anilines is 1. The van der Waals surface area contributed by atoms with Crippen LogP contribution in [0, 0.1) is 6.92 Å². The summed E-state index contributed by atoms with van der Waals surface area (Å²) in [6.07, 6.45) is 0. The monoisotopic (exact) mass is 275 g/mol. The highest BCUT2D eigenvalue weighted by molar-refractivity contribution is 9.10. The molecule has 0 heterocycles. The minimum atomic E-state index is -0.208. The zero-order valence-electron chi connectivity index (χ0n) is 7.97. The van der Waals surface area contributed by atoms with E-state index in [9.17, 15) is 4.79 Å². The smallest absolute Gasteiger partial charge is 0.237 e. The summed E-state index contributed by atoms with van der Waals surface area (Å²) in [7, 11) is 0. The Morgan fingerprint density at radius 3 is 2.79 bits per heavy atom. The number of nitrogens with one attached hydrogen (secondary N) is 1. The molecule has 0 saturated heterocycles. The van der Waals surface area contributed by atoms with E-state index in [0.717, 1.165) is 11.3 Å². The van der Waals surface area contributed by atoms with Crippen LogP contribution in [0.5, 0.6) is 0 Å². The van der Waals surface area contributed by atoms with Gasteiger partial charge in [0.05, 0.1) is 4.83 Å². The summed E-state index contributed by atoms with van der Waals surface area (Å²) in [5, 5.41) is 3.44. The predicted octanol–water partition coefficient (Wildman–Crippen LogP) is 3.37. The molecule has 0 aliphatic carbocycles. The van der Waals surface area contributed by atoms with Crippen molar-refractivity contribution in [3.8, 4) is 0 Å². The second-order valence-corrected chi connectivity index (χ2v) is 4.80. The van der Waals surface area contributed by atoms with E-state index in [-0.39, 0.29) is 10.7 Å². The molecule has 0 saturated carbocycles. The number of benzene rings is 1. The molecule has 2 nitrogen and oxygen atoms in total. The summed E-state index contributed by atoms with van der Waals surface area (Å²) >= 11 is 9.11. The Morgan fingerprint density at radius 1 is 1.57 bits per heavy atom. The zero-order chi connectivity index (χ0) is 10.7. The van der Waals surface area contributed by atoms with Gasteiger partial charge >= 0.3 is 0 Å². The van der Waals surface area contributed by atoms with Crippen molar-refractivity contribution >= 4 is 39.1 Å². The molecule has 0 bridgehead atoms. The number of hydrogen-bond donors (Lipinski definition) is 1. The second kappa shape index (κ2) is 4.80. The fourth-order valence-corrected chi connectivity index (χ4v) is 1.26. The fraction of sp³-hybridized carbons (Fsp3) is 0.300. The van der Waals surface area contributed by atoms with Gasteiger partial charge in [-0.2, -0.15) is 0 Å². The van der Waals surface area contributed by atoms with E-state index in [1.165, 1.54) is 0 Å². The van der Waals surface area contributed by atoms with Crippen LogP contribution in [0.1, 0.15) is 12.5 Å². The Morgan fingerprint density at radius 2 is 2.21 bits per heavy atom. The normalized spacial score (nSPS) is 12.3. The van der Waals surface area contributed by atoms with Crippen molar-refractivity contribution in [1.29, 1.82) is 0 Å². The van der Waals surface area contributed by atoms with Gasteiger partial charge in [-0.25, -0.2) is 0 Å². The van der Waals surface area contributed by atoms with Crippen LogP contribution in [-0.4, -0.2) is 10.7 Å². The second-order valence-electron chi connectivity index (χ2n) is 3.02. The van der Waals surface area contributed by atoms with E-state index in [1.807, 2.05) is 19.1 Å². The number of carbonyl (C=O) groups excluding carboxylic acids is 1. The number of halogens is 2. The van der Waals surface area contributed by atoms with Crippen LogP contribution in [0.4, 0.5) is 5.69 Å². The van der Waals surface area contributed by atoms with Gasteiger partial charge in [0.2, 0.25) is 5.91 Å². The molecule has 14 heavy (non-hydrogen) atoms. The summed E-state index contributed by atoms with van der Waals surface area (Å²) in [5.41, 5.74) is 1.64. The molecular formula is C10H11BrClNO. The molecule has 1 amide bonds. The molecule has 0 aliphatic rings. The van der Waals surface area contributed by atoms with E-state index < -0.39 is 0 Å². The standard InChI is InChI=1S/C10H11BrClNO/c1-6-8(12)4-3-5-9(6)13-10(14)7(2)11/h3-5,7H,1-2H3,(H,13,14). The number of alkyl halides is 1. The van der Waals surface area contributed by atoms with Gasteiger partial charge in [-0.1, -0.05) is 33.6 Å². The largest absolute Gasteiger partial charge is 0.325 e. The van der Waals surface area contributed by atoms with Crippen LogP contribution in [-0.2, 0) is 4.79 Å². The third-order valence-electron chi connectivity index (χ3n) is 1.89. The quantitative estimate of drug-likeness (QED) is 0.825. The average molecular weight is 277 g/mol. The van der Waals surface area contributed by atoms with Crippen molar-refractivity contribution in [3.05, 3.63) is 28.8 Å². The minimum Gasteiger partial charge on any atom is -0.325 e. The maximum absolute atomic E-state index is 11.4. The Balaban J connectivity index is 2.87. The van der Waals surface area contributed by atoms with Crippen LogP contribution in [0.25, 0.3) is 0 Å². The van der Waals surface area contributed by atoms with E-state index in [1.54, 1.807) is 13.0 Å². The first-order valence-corrected chi connectivity index (χ1v) is 5.52. The lowest BCUT2D eigenvalue weighted by Gasteiger charge is -2.10. The molecule has 1 unspecified atom stereocenters. The van der Waals surface area contributed by atoms with Gasteiger partial charge in [0.25, 0.3) is 0 Å². The Hall–Kier alpha value is -0.540. The van der Waals surface area contributed by atoms with Crippen molar-refractivity contribution in [3.63, 3.8) is 0 Å². The lowest BCUT2D eigenvalue weighted by Crippen LogP contribution is -2.20. The SMILES string of the molecule is Cc1c(Cl)cccc1NC(=O)C(C)Br. The molecule has 0 spiro atoms. The lowest BCUT2D eigenvalue weighted by atomic mass is 10.2. The van der Waals surface area contributed by atoms with Crippen molar-refractivity contribution in [2.45, 2.75) is 18.7 Å². The third kappa shape index (κ3) is 2.72. The molecule has 1 aromatic rings. The van der Waals surface area contributed by atoms with Crippen LogP contribution in [0.15, 0.2) is 18.2 Å². The average Bonchev–Trinajstić information content (AvgIpc) is 2.12. The van der Waals surface area contributed by atoms with Gasteiger partial charge in [0, 0.05) is 10.7 Å². The van der Waals surface area contributed by atoms with Crippen LogP contribution in [0.2, 0.25) is 5.02 Å². The van der Waals surface area contributed by atoms with Crippen molar-refractivity contribution in [1.82, 2.24) is 0 Å². The van der Waals surface area contributed by atoms with Crippen LogP contribution < -0.4 is 5.32 Å². The van der Waals surface area contributed by atoms with E-state index >= 15 is 0 Å². The first kappa shape index (κ1) is 11.5. The Labute approximate surface area is 96.8 Å². The lowest BCUT2D eigenvalue weighted by molar-refractivity contribution is -0.115. The first-order chi connectivity index (χ1) is 6.52. The van der Waals surface area contributed by atoms with Gasteiger partial charge < -0.3 is 5.32 Å². The van der Waals surface area contributed by atoms with Gasteiger partial charge in [-0.15, -0.1) is 0 Å². The first-order valence-electron chi connectivity index (χ1n) is 4.22. The highest BCUT2D eigenvalue weighted by Crippen LogP contribution is 2.23. The summed E-state index contributed by atoms with van der Waals surface area (Å²) < 4.78 is 0. The summed E-state index contributed by atoms with van der Waals surface area (Å²) in [6.45, 7) is 3.64. The van der Waals surface area contributed by atoms with Crippen molar-refractivity contribution < 1.29 is 4.79 Å². The highest BCUT2D eigenvalue weighted by atomic mass is 79.9. The summed E-state index contributed by atoms with van der Waals surface area (Å²) in [5.74, 6) is -0.0737. The van der Waals surface area contributed by atoms with Gasteiger partial charge in [0.1, 0.15) is 0 Å². The molecule has 76 valence electrons. The topological polar surface area (TPSA) is 29.1 Å². The molecule has 0 radical (unpaired) electrons. The van der Waals surface area contributed by atoms with Gasteiger partial charge in [-0.05, 0) is 31.5 Å². The minimum absolute atomic E-state index is 0.0737. The van der Waals surface area contributed by atoms with Gasteiger partial charge in [-0.3, -0.25) is 4.79 Å².